The molecule has 1 fully saturated rings. The number of hydrogen-bond acceptors (Lipinski definition) is 3. The van der Waals surface area contributed by atoms with Crippen LogP contribution in [-0.4, -0.2) is 36.0 Å². The minimum atomic E-state index is -0.00394. The van der Waals surface area contributed by atoms with Gasteiger partial charge in [0.15, 0.2) is 0 Å². The van der Waals surface area contributed by atoms with Crippen molar-refractivity contribution in [1.29, 1.82) is 0 Å². The topological polar surface area (TPSA) is 55.6 Å². The number of nitrogens with zero attached hydrogens (tertiary/aromatic N) is 1. The van der Waals surface area contributed by atoms with E-state index >= 15 is 0 Å². The molecule has 1 heterocycles. The predicted octanol–water partition coefficient (Wildman–Crippen LogP) is 2.60. The van der Waals surface area contributed by atoms with Crippen LogP contribution in [0.3, 0.4) is 0 Å². The molecule has 0 atom stereocenters. The van der Waals surface area contributed by atoms with Gasteiger partial charge in [0.1, 0.15) is 5.75 Å². The molecule has 0 aliphatic carbocycles. The lowest BCUT2D eigenvalue weighted by molar-refractivity contribution is 0.0707. The molecule has 6 heteroatoms. The van der Waals surface area contributed by atoms with E-state index in [0.29, 0.717) is 29.4 Å². The van der Waals surface area contributed by atoms with Crippen LogP contribution in [0.25, 0.3) is 0 Å². The number of thiocarbonyl (C=S) groups is 1. The monoisotopic (exact) mass is 356 g/mol. The number of rotatable bonds is 3. The first kappa shape index (κ1) is 15.3. The highest BCUT2D eigenvalue weighted by molar-refractivity contribution is 9.10. The van der Waals surface area contributed by atoms with Gasteiger partial charge in [-0.05, 0) is 31.0 Å². The summed E-state index contributed by atoms with van der Waals surface area (Å²) in [5, 5.41) is 0. The summed E-state index contributed by atoms with van der Waals surface area (Å²) in [5.41, 5.74) is 6.25. The average molecular weight is 357 g/mol. The maximum atomic E-state index is 12.5. The van der Waals surface area contributed by atoms with Crippen LogP contribution in [0.15, 0.2) is 22.7 Å². The average Bonchev–Trinajstić information content (AvgIpc) is 2.46. The second-order valence-corrected chi connectivity index (χ2v) is 6.20. The molecule has 1 aliphatic rings. The van der Waals surface area contributed by atoms with Gasteiger partial charge in [0.25, 0.3) is 5.91 Å². The predicted molar refractivity (Wildman–Crippen MR) is 86.1 cm³/mol. The van der Waals surface area contributed by atoms with Crippen molar-refractivity contribution in [2.75, 3.05) is 20.2 Å². The summed E-state index contributed by atoms with van der Waals surface area (Å²) in [4.78, 5) is 14.9. The third kappa shape index (κ3) is 3.30. The molecule has 2 rings (SSSR count). The van der Waals surface area contributed by atoms with Crippen LogP contribution in [0.1, 0.15) is 23.2 Å². The van der Waals surface area contributed by atoms with Crippen molar-refractivity contribution in [3.8, 4) is 5.75 Å². The van der Waals surface area contributed by atoms with Gasteiger partial charge in [-0.25, -0.2) is 0 Å². The Bertz CT molecular complexity index is 528. The number of likely N-dealkylation sites (tertiary alicyclic amines) is 1. The zero-order chi connectivity index (χ0) is 14.7. The van der Waals surface area contributed by atoms with Crippen LogP contribution in [0.2, 0.25) is 0 Å². The van der Waals surface area contributed by atoms with Gasteiger partial charge in [-0.3, -0.25) is 4.79 Å². The van der Waals surface area contributed by atoms with Crippen molar-refractivity contribution >= 4 is 39.0 Å². The Morgan fingerprint density at radius 2 is 2.10 bits per heavy atom. The molecule has 1 aliphatic heterocycles. The zero-order valence-corrected chi connectivity index (χ0v) is 13.7. The summed E-state index contributed by atoms with van der Waals surface area (Å²) < 4.78 is 6.17. The molecular formula is C14H17BrN2O2S. The van der Waals surface area contributed by atoms with Gasteiger partial charge in [-0.15, -0.1) is 0 Å². The quantitative estimate of drug-likeness (QED) is 0.845. The maximum absolute atomic E-state index is 12.5. The van der Waals surface area contributed by atoms with E-state index in [2.05, 4.69) is 15.9 Å². The molecule has 4 nitrogen and oxygen atoms in total. The van der Waals surface area contributed by atoms with E-state index in [1.54, 1.807) is 19.2 Å². The molecule has 1 saturated heterocycles. The van der Waals surface area contributed by atoms with E-state index in [9.17, 15) is 4.79 Å². The number of benzene rings is 1. The molecule has 0 saturated carbocycles. The lowest BCUT2D eigenvalue weighted by atomic mass is 9.96. The van der Waals surface area contributed by atoms with Gasteiger partial charge in [0, 0.05) is 23.5 Å². The minimum Gasteiger partial charge on any atom is -0.496 e. The summed E-state index contributed by atoms with van der Waals surface area (Å²) in [6.45, 7) is 1.36. The molecule has 108 valence electrons. The number of amides is 1. The number of halogens is 1. The molecule has 0 unspecified atom stereocenters. The lowest BCUT2D eigenvalue weighted by Gasteiger charge is -2.31. The first-order valence-electron chi connectivity index (χ1n) is 6.45. The third-order valence-corrected chi connectivity index (χ3v) is 4.41. The number of ether oxygens (including phenoxy) is 1. The third-order valence-electron chi connectivity index (χ3n) is 3.58. The minimum absolute atomic E-state index is 0.00394. The van der Waals surface area contributed by atoms with E-state index in [1.807, 2.05) is 11.0 Å². The maximum Gasteiger partial charge on any atom is 0.257 e. The Balaban J connectivity index is 2.11. The van der Waals surface area contributed by atoms with Gasteiger partial charge in [0.05, 0.1) is 17.7 Å². The van der Waals surface area contributed by atoms with Crippen molar-refractivity contribution in [2.24, 2.45) is 11.7 Å². The Labute approximate surface area is 132 Å². The van der Waals surface area contributed by atoms with Crippen molar-refractivity contribution < 1.29 is 9.53 Å². The van der Waals surface area contributed by atoms with Gasteiger partial charge in [-0.1, -0.05) is 28.1 Å². The van der Waals surface area contributed by atoms with Crippen LogP contribution >= 0.6 is 28.1 Å². The van der Waals surface area contributed by atoms with Crippen molar-refractivity contribution in [1.82, 2.24) is 4.90 Å². The number of methoxy groups -OCH3 is 1. The van der Waals surface area contributed by atoms with E-state index < -0.39 is 0 Å². The lowest BCUT2D eigenvalue weighted by Crippen LogP contribution is -2.41. The highest BCUT2D eigenvalue weighted by atomic mass is 79.9. The number of nitrogens with two attached hydrogens (primary N) is 1. The summed E-state index contributed by atoms with van der Waals surface area (Å²) >= 11 is 8.39. The highest BCUT2D eigenvalue weighted by Gasteiger charge is 2.26. The Morgan fingerprint density at radius 3 is 2.65 bits per heavy atom. The number of carbonyl (C=O) groups is 1. The number of carbonyl (C=O) groups excluding carboxylic acids is 1. The zero-order valence-electron chi connectivity index (χ0n) is 11.3. The summed E-state index contributed by atoms with van der Waals surface area (Å²) in [6.07, 6.45) is 1.67. The van der Waals surface area contributed by atoms with E-state index in [1.165, 1.54) is 0 Å². The van der Waals surface area contributed by atoms with Crippen molar-refractivity contribution in [3.05, 3.63) is 28.2 Å². The summed E-state index contributed by atoms with van der Waals surface area (Å²) in [7, 11) is 1.57. The van der Waals surface area contributed by atoms with Crippen LogP contribution in [0, 0.1) is 5.92 Å². The summed E-state index contributed by atoms with van der Waals surface area (Å²) in [5.74, 6) is 0.831. The fourth-order valence-corrected chi connectivity index (χ4v) is 2.95. The molecule has 0 bridgehead atoms. The molecule has 20 heavy (non-hydrogen) atoms. The van der Waals surface area contributed by atoms with Gasteiger partial charge in [0.2, 0.25) is 0 Å². The molecule has 1 amide bonds. The first-order chi connectivity index (χ1) is 9.52. The van der Waals surface area contributed by atoms with Crippen molar-refractivity contribution in [3.63, 3.8) is 0 Å². The fraction of sp³-hybridized carbons (Fsp3) is 0.429. The van der Waals surface area contributed by atoms with Crippen LogP contribution < -0.4 is 10.5 Å². The normalized spacial score (nSPS) is 16.0. The number of piperidine rings is 1. The fourth-order valence-electron chi connectivity index (χ4n) is 2.38. The van der Waals surface area contributed by atoms with Crippen LogP contribution in [-0.2, 0) is 0 Å². The van der Waals surface area contributed by atoms with Crippen LogP contribution in [0.5, 0.6) is 5.75 Å². The Kier molecular flexibility index (Phi) is 4.99. The van der Waals surface area contributed by atoms with Gasteiger partial charge < -0.3 is 15.4 Å². The van der Waals surface area contributed by atoms with Crippen molar-refractivity contribution in [2.45, 2.75) is 12.8 Å². The Morgan fingerprint density at radius 1 is 1.45 bits per heavy atom. The molecule has 0 radical (unpaired) electrons. The molecule has 1 aromatic carbocycles. The SMILES string of the molecule is COc1cc(Br)ccc1C(=O)N1CCC(C(N)=S)CC1. The van der Waals surface area contributed by atoms with Gasteiger partial charge >= 0.3 is 0 Å². The smallest absolute Gasteiger partial charge is 0.257 e. The summed E-state index contributed by atoms with van der Waals surface area (Å²) in [6, 6.07) is 5.43. The molecular weight excluding hydrogens is 340 g/mol. The van der Waals surface area contributed by atoms with E-state index in [4.69, 9.17) is 22.7 Å². The second kappa shape index (κ2) is 6.54. The molecule has 0 spiro atoms. The molecule has 0 aromatic heterocycles. The van der Waals surface area contributed by atoms with Gasteiger partial charge in [-0.2, -0.15) is 0 Å². The van der Waals surface area contributed by atoms with E-state index in [0.717, 1.165) is 17.3 Å². The van der Waals surface area contributed by atoms with Crippen LogP contribution in [0.4, 0.5) is 0 Å². The largest absolute Gasteiger partial charge is 0.496 e. The first-order valence-corrected chi connectivity index (χ1v) is 7.65. The standard InChI is InChI=1S/C14H17BrN2O2S/c1-19-12-8-10(15)2-3-11(12)14(18)17-6-4-9(5-7-17)13(16)20/h2-3,8-9H,4-7H2,1H3,(H2,16,20). The second-order valence-electron chi connectivity index (χ2n) is 4.81. The highest BCUT2D eigenvalue weighted by Crippen LogP contribution is 2.26. The van der Waals surface area contributed by atoms with E-state index in [-0.39, 0.29) is 11.8 Å². The number of hydrogen-bond donors (Lipinski definition) is 1. The molecule has 1 aromatic rings. The Hall–Kier alpha value is -1.14. The molecule has 2 N–H and O–H groups in total.